The predicted octanol–water partition coefficient (Wildman–Crippen LogP) is 7.10. The second-order valence-electron chi connectivity index (χ2n) is 32.3. The predicted molar refractivity (Wildman–Crippen MR) is 484 cm³/mol. The molecule has 4 fully saturated rings. The number of ether oxygens (including phenoxy) is 13. The van der Waals surface area contributed by atoms with Crippen molar-refractivity contribution in [2.24, 2.45) is 29.2 Å². The number of primary amides is 1. The number of aliphatic hydroxyl groups excluding tert-OH is 4. The van der Waals surface area contributed by atoms with E-state index in [1.165, 1.54) is 81.1 Å². The third-order valence-corrected chi connectivity index (χ3v) is 27.8. The number of carbonyl (C=O) groups excluding carboxylic acids is 9. The summed E-state index contributed by atoms with van der Waals surface area (Å²) in [6.45, 7) is 13.3. The van der Waals surface area contributed by atoms with Crippen LogP contribution in [0.5, 0.6) is 17.2 Å². The van der Waals surface area contributed by atoms with E-state index in [9.17, 15) is 68.7 Å². The molecule has 39 heteroatoms. The quantitative estimate of drug-likeness (QED) is 0.00671. The van der Waals surface area contributed by atoms with Crippen molar-refractivity contribution in [1.82, 2.24) is 21.0 Å². The SMILES string of the molecule is CCN(C(=O)OCc1ccc(NC(=O)[C@H](CCCNC(N)=O)CC(=O)[C@@H](NC(=O)[C@H](CCCCN)CC(C)=O)C(C)C)cc1)[C@H]1CO[C@@H](O[C@H]2[C@H](O[C@H]3C#C/C=C\C#C[C@]4(O)CC(=O)C(CC(=O)OC)=C3C4=CCSSc3ccccc3)O[C@H](C)[C@@H](NO[C@H]3C[C@H](O)[C@H](SC(=O)c4c(C)c(I)c(O[C@@H]5O[C@@H](C)[C@H](O)[C@@H](OC)[C@H]5O)c(OC)c4OC)[C@@H](C)O3)[C@@H]2O)C[C@@H]1OC. The van der Waals surface area contributed by atoms with E-state index in [2.05, 4.69) is 45.1 Å². The Bertz CT molecular complexity index is 4590. The van der Waals surface area contributed by atoms with Gasteiger partial charge in [-0.2, -0.15) is 5.48 Å². The number of esters is 1. The first kappa shape index (κ1) is 105. The van der Waals surface area contributed by atoms with Gasteiger partial charge >= 0.3 is 18.1 Å². The van der Waals surface area contributed by atoms with E-state index in [1.54, 1.807) is 78.8 Å². The number of hydrogen-bond donors (Lipinski definition) is 11. The van der Waals surface area contributed by atoms with E-state index < -0.39 is 193 Å². The highest BCUT2D eigenvalue weighted by molar-refractivity contribution is 14.1. The summed E-state index contributed by atoms with van der Waals surface area (Å²) in [6, 6.07) is 12.2. The molecular weight excluding hydrogens is 1850 g/mol. The van der Waals surface area contributed by atoms with Crippen molar-refractivity contribution in [3.05, 3.63) is 110 Å². The lowest BCUT2D eigenvalue weighted by Gasteiger charge is -2.47. The summed E-state index contributed by atoms with van der Waals surface area (Å²) in [5, 5.41) is 66.3. The lowest BCUT2D eigenvalue weighted by Crippen LogP contribution is -2.65. The lowest BCUT2D eigenvalue weighted by atomic mass is 9.72. The molecular formula is C90H120IN7O28S3. The van der Waals surface area contributed by atoms with Crippen LogP contribution in [0.15, 0.2) is 94.4 Å². The van der Waals surface area contributed by atoms with Crippen LogP contribution in [0.3, 0.4) is 0 Å². The Hall–Kier alpha value is -7.83. The van der Waals surface area contributed by atoms with Gasteiger partial charge in [-0.15, -0.1) is 0 Å². The molecule has 3 aromatic rings. The number of Topliss-reactive ketones (excluding diaryl/α,β-unsaturated/α-hetero) is 3. The number of benzene rings is 3. The van der Waals surface area contributed by atoms with Crippen molar-refractivity contribution in [2.45, 2.75) is 259 Å². The highest BCUT2D eigenvalue weighted by Crippen LogP contribution is 2.50. The molecule has 6 aliphatic rings. The zero-order valence-corrected chi connectivity index (χ0v) is 79.1. The Kier molecular flexibility index (Phi) is 40.9. The molecule has 4 saturated heterocycles. The number of methoxy groups -OCH3 is 5. The highest BCUT2D eigenvalue weighted by Gasteiger charge is 2.53. The average molecular weight is 1970 g/mol. The Morgan fingerprint density at radius 3 is 2.14 bits per heavy atom. The Labute approximate surface area is 776 Å². The maximum Gasteiger partial charge on any atom is 0.410 e. The smallest absolute Gasteiger partial charge is 0.410 e. The molecule has 3 aromatic carbocycles. The number of fused-ring (bicyclic) bond motifs is 2. The summed E-state index contributed by atoms with van der Waals surface area (Å²) in [4.78, 5) is 131. The number of urea groups is 1. The van der Waals surface area contributed by atoms with Crippen molar-refractivity contribution >= 4 is 114 Å². The highest BCUT2D eigenvalue weighted by atomic mass is 127. The van der Waals surface area contributed by atoms with E-state index in [-0.39, 0.29) is 122 Å². The monoisotopic (exact) mass is 1970 g/mol. The number of hydrogen-bond acceptors (Lipinski definition) is 33. The van der Waals surface area contributed by atoms with Crippen LogP contribution in [-0.2, 0) is 87.6 Å². The van der Waals surface area contributed by atoms with Crippen LogP contribution < -0.4 is 47.1 Å². The fraction of sp³-hybridized carbons (Fsp3) is 0.589. The molecule has 2 aliphatic carbocycles. The summed E-state index contributed by atoms with van der Waals surface area (Å²) in [6.07, 6.45) is -14.9. The van der Waals surface area contributed by atoms with Gasteiger partial charge in [0.25, 0.3) is 0 Å². The number of anilines is 1. The van der Waals surface area contributed by atoms with E-state index >= 15 is 0 Å². The van der Waals surface area contributed by atoms with Crippen LogP contribution >= 0.6 is 55.9 Å². The second-order valence-corrected chi connectivity index (χ2v) is 37.0. The Morgan fingerprint density at radius 2 is 1.49 bits per heavy atom. The molecule has 0 radical (unpaired) electrons. The van der Waals surface area contributed by atoms with Gasteiger partial charge < -0.3 is 124 Å². The number of nitrogens with one attached hydrogen (secondary N) is 4. The standard InChI is InChI=1S/C90H120IN7O28S3/c1-14-98(89(111)119-45-53-30-32-56(33-31-53)95-83(107)55(26-24-37-94-88(93)110)40-61(100)72(47(2)3)96-84(108)54(39-48(4)99)25-21-23-36-92)60-46-118-67(43-65(60)113-9)124-80-75(105)73(50(6)121-87(80)123-64-29-20-15-16-22-35-90(112)44-63(102)58(41-66(103)114-10)70(64)59(90)34-38-127-129-57-27-18-17-19-28-57)97-126-68-42-62(101)82(52(8)120-68)128-85(109)69-49(5)71(91)78(81(117-13)77(69)115-11)125-86-76(106)79(116-12)74(104)51(7)122-86/h15-19,27-28,30-34,47,50-52,54-55,60,62,64-65,67-68,72-76,79-80,82,86-87,97,101,104-106,112H,14,21,23-26,36-46,92H2,1-13H3,(H,95,107)(H,96,108)(H3,93,94,110)/b16-15-,59-34?/t50-,51+,52-,54-,55-,60+,62+,64+,65+,67+,68+,72+,73-,74+,75+,76-,79-,80-,82-,86+,87+,90+/m1/s1. The number of unbranched alkanes of at least 4 members (excludes halogenated alkanes) is 1. The van der Waals surface area contributed by atoms with Crippen molar-refractivity contribution < 1.29 is 135 Å². The number of carbonyl (C=O) groups is 9. The molecule has 35 nitrogen and oxygen atoms in total. The van der Waals surface area contributed by atoms with Crippen molar-refractivity contribution in [3.8, 4) is 40.9 Å². The first-order valence-electron chi connectivity index (χ1n) is 42.7. The summed E-state index contributed by atoms with van der Waals surface area (Å²) in [7, 11) is 9.49. The zero-order chi connectivity index (χ0) is 94.1. The lowest BCUT2D eigenvalue weighted by molar-refractivity contribution is -0.337. The number of nitrogens with two attached hydrogens (primary N) is 2. The van der Waals surface area contributed by atoms with Crippen LogP contribution in [0.25, 0.3) is 0 Å². The molecule has 129 heavy (non-hydrogen) atoms. The molecule has 0 spiro atoms. The van der Waals surface area contributed by atoms with E-state index in [0.29, 0.717) is 46.2 Å². The summed E-state index contributed by atoms with van der Waals surface area (Å²) in [5.74, 6) is 6.97. The van der Waals surface area contributed by atoms with Crippen LogP contribution in [0.1, 0.15) is 141 Å². The normalized spacial score (nSPS) is 28.0. The number of allylic oxidation sites excluding steroid dienone is 2. The van der Waals surface area contributed by atoms with Crippen LogP contribution in [0.2, 0.25) is 0 Å². The van der Waals surface area contributed by atoms with Gasteiger partial charge in [0, 0.05) is 97.9 Å². The summed E-state index contributed by atoms with van der Waals surface area (Å²) >= 11 is 2.76. The zero-order valence-electron chi connectivity index (χ0n) is 74.5. The number of nitrogens with zero attached hydrogens (tertiary/aromatic N) is 1. The van der Waals surface area contributed by atoms with E-state index in [0.717, 1.165) is 16.7 Å². The summed E-state index contributed by atoms with van der Waals surface area (Å²) in [5.41, 5.74) is 13.1. The topological polar surface area (TPSA) is 487 Å². The molecule has 0 saturated carbocycles. The molecule has 2 bridgehead atoms. The molecule has 0 aromatic heterocycles. The molecule has 13 N–H and O–H groups in total. The molecule has 5 amide bonds. The van der Waals surface area contributed by atoms with Gasteiger partial charge in [-0.3, -0.25) is 33.6 Å². The fourth-order valence-corrected chi connectivity index (χ4v) is 19.7. The number of likely N-dealkylation sites (N-methyl/N-ethyl adjacent to an activating group) is 1. The second kappa shape index (κ2) is 50.3. The van der Waals surface area contributed by atoms with Gasteiger partial charge in [-0.05, 0) is 150 Å². The third kappa shape index (κ3) is 27.9. The maximum atomic E-state index is 14.7. The Morgan fingerprint density at radius 1 is 0.791 bits per heavy atom. The first-order chi connectivity index (χ1) is 61.6. The van der Waals surface area contributed by atoms with Gasteiger partial charge in [0.1, 0.15) is 49.0 Å². The van der Waals surface area contributed by atoms with Gasteiger partial charge in [-0.1, -0.05) is 114 Å². The third-order valence-electron chi connectivity index (χ3n) is 22.9. The number of halogens is 1. The van der Waals surface area contributed by atoms with Crippen molar-refractivity contribution in [1.29, 1.82) is 0 Å². The number of rotatable bonds is 43. The number of thioether (sulfide) groups is 1. The molecule has 0 unspecified atom stereocenters. The first-order valence-corrected chi connectivity index (χ1v) is 47.0. The van der Waals surface area contributed by atoms with Crippen LogP contribution in [0, 0.1) is 51.9 Å². The van der Waals surface area contributed by atoms with Crippen molar-refractivity contribution in [2.75, 3.05) is 72.9 Å². The summed E-state index contributed by atoms with van der Waals surface area (Å²) < 4.78 is 80.0. The minimum Gasteiger partial charge on any atom is -0.492 e. The minimum absolute atomic E-state index is 0.00579. The van der Waals surface area contributed by atoms with E-state index in [4.69, 9.17) is 77.9 Å². The Balaban J connectivity index is 0.925. The van der Waals surface area contributed by atoms with Crippen molar-refractivity contribution in [3.63, 3.8) is 0 Å². The minimum atomic E-state index is -2.15. The van der Waals surface area contributed by atoms with Crippen LogP contribution in [0.4, 0.5) is 15.3 Å². The number of amides is 5. The number of ketones is 3. The molecule has 4 heterocycles. The molecule has 4 aliphatic heterocycles. The molecule has 9 rings (SSSR count). The van der Waals surface area contributed by atoms with Gasteiger partial charge in [-0.25, -0.2) is 9.59 Å². The van der Waals surface area contributed by atoms with Crippen LogP contribution in [-0.4, -0.2) is 272 Å². The van der Waals surface area contributed by atoms with Gasteiger partial charge in [0.2, 0.25) is 29.0 Å². The maximum absolute atomic E-state index is 14.7. The largest absolute Gasteiger partial charge is 0.492 e. The number of aliphatic hydroxyl groups is 5. The molecule has 708 valence electrons. The molecule has 22 atom stereocenters. The fourth-order valence-electron chi connectivity index (χ4n) is 16.0. The number of hydroxylamine groups is 1. The van der Waals surface area contributed by atoms with Gasteiger partial charge in [0.15, 0.2) is 47.5 Å². The average Bonchev–Trinajstić information content (AvgIpc) is 0.748. The van der Waals surface area contributed by atoms with E-state index in [1.807, 2.05) is 52.9 Å². The van der Waals surface area contributed by atoms with Gasteiger partial charge in [0.05, 0.1) is 104 Å².